The van der Waals surface area contributed by atoms with Crippen molar-refractivity contribution in [1.82, 2.24) is 50.3 Å². The molecule has 0 unspecified atom stereocenters. The predicted octanol–water partition coefficient (Wildman–Crippen LogP) is 5.22. The maximum Gasteiger partial charge on any atom is 1.00 e. The van der Waals surface area contributed by atoms with E-state index in [9.17, 15) is 31.9 Å². The Labute approximate surface area is 711 Å². The molecule has 45 heteroatoms. The molecule has 0 radical (unpaired) electrons. The molecule has 11 rings (SSSR count). The van der Waals surface area contributed by atoms with Crippen LogP contribution in [-0.4, -0.2) is 198 Å². The van der Waals surface area contributed by atoms with Gasteiger partial charge in [-0.3, -0.25) is 29.8 Å². The second-order valence-corrected chi connectivity index (χ2v) is 26.1. The van der Waals surface area contributed by atoms with Gasteiger partial charge in [-0.1, -0.05) is 63.7 Å². The quantitative estimate of drug-likeness (QED) is 0.0131. The minimum Gasteiger partial charge on any atom is -0.857 e. The van der Waals surface area contributed by atoms with Gasteiger partial charge in [0.05, 0.1) is 101 Å². The molecule has 1 aliphatic heterocycles. The number of benzene rings is 5. The summed E-state index contributed by atoms with van der Waals surface area (Å²) in [4.78, 5) is 57.0. The molecule has 113 heavy (non-hydrogen) atoms. The van der Waals surface area contributed by atoms with Crippen molar-refractivity contribution >= 4 is 169 Å². The summed E-state index contributed by atoms with van der Waals surface area (Å²) in [5, 5.41) is 61.9. The molecule has 0 saturated carbocycles. The van der Waals surface area contributed by atoms with Gasteiger partial charge >= 0.3 is 48.6 Å². The fourth-order valence-electron chi connectivity index (χ4n) is 8.87. The fraction of sp³-hybridized carbons (Fsp3) is 0.338. The SMILES string of the molecule is CC1(C)OB(c2ccn[nH]2)OC1(C)C.COC(=O)c1c(F)cc(Br)cc1F.COC(=O)c1c(F)cc(Br)cc1OC.COc1cc(-c2ccn[nH]2)cc2nc(N)nc(NCCCO)c12.COc1cc(Br)cc2nc(N)[nH]c(=O)c12.COc1cc(Br)cc2nc(N)nc(NCCCO)c12.C[O-].Cl.N=C(N)N.NCCCO.[2H]CF.[Na+]. The van der Waals surface area contributed by atoms with Crippen molar-refractivity contribution in [2.45, 2.75) is 58.2 Å². The second-order valence-electron chi connectivity index (χ2n) is 22.5. The van der Waals surface area contributed by atoms with E-state index in [0.717, 1.165) is 69.3 Å². The van der Waals surface area contributed by atoms with Crippen molar-refractivity contribution in [2.75, 3.05) is 124 Å². The van der Waals surface area contributed by atoms with Crippen molar-refractivity contribution in [3.8, 4) is 34.3 Å². The molecule has 0 bridgehead atoms. The third-order valence-corrected chi connectivity index (χ3v) is 16.3. The van der Waals surface area contributed by atoms with Gasteiger partial charge in [-0.2, -0.15) is 27.3 Å². The van der Waals surface area contributed by atoms with Gasteiger partial charge in [-0.15, -0.1) is 12.4 Å². The first-order chi connectivity index (χ1) is 53.1. The summed E-state index contributed by atoms with van der Waals surface area (Å²) in [6.07, 6.45) is 5.34. The largest absolute Gasteiger partial charge is 1.00 e. The molecule has 21 N–H and O–H groups in total. The maximum atomic E-state index is 13.3. The van der Waals surface area contributed by atoms with Gasteiger partial charge in [0, 0.05) is 68.8 Å². The number of guanidine groups is 1. The summed E-state index contributed by atoms with van der Waals surface area (Å²) in [5.41, 5.74) is 33.6. The number of aromatic amines is 3. The van der Waals surface area contributed by atoms with Crippen molar-refractivity contribution < 1.29 is 116 Å². The molecule has 5 aromatic heterocycles. The zero-order chi connectivity index (χ0) is 84.6. The molecule has 0 spiro atoms. The summed E-state index contributed by atoms with van der Waals surface area (Å²) in [6.45, 7) is 10.3. The summed E-state index contributed by atoms with van der Waals surface area (Å²) in [6, 6.07) is 19.3. The van der Waals surface area contributed by atoms with Crippen LogP contribution in [0.3, 0.4) is 0 Å². The van der Waals surface area contributed by atoms with Crippen molar-refractivity contribution in [1.29, 1.82) is 5.41 Å². The molecule has 6 heterocycles. The van der Waals surface area contributed by atoms with Gasteiger partial charge < -0.3 is 103 Å². The van der Waals surface area contributed by atoms with Crippen LogP contribution in [0.1, 0.15) is 69.0 Å². The molecule has 0 amide bonds. The number of carbonyl (C=O) groups is 2. The second kappa shape index (κ2) is 53.5. The number of aromatic nitrogens is 10. The zero-order valence-corrected chi connectivity index (χ0v) is 72.7. The first-order valence-corrected chi connectivity index (χ1v) is 35.3. The topological polar surface area (TPSA) is 550 Å². The molecule has 5 aromatic carbocycles. The summed E-state index contributed by atoms with van der Waals surface area (Å²) in [7, 11) is 7.70. The third-order valence-electron chi connectivity index (χ3n) is 14.4. The zero-order valence-electron chi connectivity index (χ0n) is 64.5. The number of methoxy groups -OCH3 is 6. The number of anilines is 5. The number of rotatable bonds is 18. The molecule has 1 fully saturated rings. The number of nitrogens with one attached hydrogen (secondary N) is 6. The van der Waals surface area contributed by atoms with Crippen LogP contribution in [-0.2, 0) is 18.8 Å². The van der Waals surface area contributed by atoms with E-state index in [1.807, 2.05) is 64.1 Å². The number of halogens is 9. The number of alkyl halides is 1. The van der Waals surface area contributed by atoms with Crippen molar-refractivity contribution in [3.05, 3.63) is 142 Å². The number of fused-ring (bicyclic) bond motifs is 3. The summed E-state index contributed by atoms with van der Waals surface area (Å²) < 4.78 is 98.2. The Bertz CT molecular complexity index is 4620. The normalized spacial score (nSPS) is 11.5. The standard InChI is InChI=1S/C15H18N6O2.C12H15BrN4O2.C9H15BN2O2.C9H8BrFO3.C9H8BrN3O2.C8H5BrF2O2.C3H9NO.CH3F.CH5N3.CH3O.ClH.Na/c1-23-12-8-9(10-3-5-18-21-10)7-11-13(12)14(17-4-2-6-22)20-15(16)19-11;1-19-9-6-7(13)5-8-10(9)11(15-3-2-4-18)17-12(14)16-8;1-8(2)9(3,4)14-10(13-8)7-5-6-11-12-7;1-13-7-4-5(10)3-6(11)8(7)9(12)14-2;1-15-6-3-4(10)2-5-7(6)8(14)13-9(11)12-5;1-13-8(12)7-5(10)2-4(9)3-6(7)11;4-2-1-3-5;1-2;2-1(3)4;1-2;;/h3,5,7-8,22H,2,4,6H2,1H3,(H,18,21)(H3,16,17,19,20);5-6,18H,2-4H2,1H3,(H3,14,15,16,17);5-6H,1-4H3,(H,11,12);3-4H,1-2H3;2-3H,1H3,(H3,11,12,13,14);2-3H,1H3;5H,1-4H2;1H3;(H5,2,3,4);1H3;1H;/q;;;;;;;;;-1;;+1/i;;;;;;;1D;;;;. The van der Waals surface area contributed by atoms with Gasteiger partial charge in [-0.25, -0.2) is 37.7 Å². The number of nitrogens with two attached hydrogens (primary N) is 6. The smallest absolute Gasteiger partial charge is 0.857 e. The molecular weight excluding hydrogens is 1790 g/mol. The van der Waals surface area contributed by atoms with E-state index in [4.69, 9.17) is 78.4 Å². The molecule has 1 saturated heterocycles. The van der Waals surface area contributed by atoms with Crippen LogP contribution in [0, 0.1) is 22.9 Å². The van der Waals surface area contributed by atoms with E-state index in [0.29, 0.717) is 87.8 Å². The monoisotopic (exact) mass is 1870 g/mol. The number of ether oxygens (including phenoxy) is 6. The number of nitrogen functional groups attached to an aromatic ring is 3. The Morgan fingerprint density at radius 2 is 0.991 bits per heavy atom. The molecule has 1 aliphatic rings. The van der Waals surface area contributed by atoms with Gasteiger partial charge in [0.1, 0.15) is 68.6 Å². The molecule has 0 atom stereocenters. The Kier molecular flexibility index (Phi) is 48.5. The minimum atomic E-state index is -1.03. The third kappa shape index (κ3) is 32.7. The Morgan fingerprint density at radius 1 is 0.611 bits per heavy atom. The maximum absolute atomic E-state index is 13.3. The fourth-order valence-corrected chi connectivity index (χ4v) is 10.5. The number of aliphatic hydroxyl groups is 3. The van der Waals surface area contributed by atoms with Crippen LogP contribution >= 0.6 is 76.1 Å². The number of esters is 2. The molecule has 614 valence electrons. The predicted molar refractivity (Wildman–Crippen MR) is 436 cm³/mol. The van der Waals surface area contributed by atoms with E-state index in [2.05, 4.69) is 146 Å². The van der Waals surface area contributed by atoms with E-state index in [1.54, 1.807) is 38.7 Å². The number of hydrogen-bond acceptors (Lipinski definition) is 29. The summed E-state index contributed by atoms with van der Waals surface area (Å²) in [5.74, 6) is -1.12. The van der Waals surface area contributed by atoms with Crippen LogP contribution in [0.25, 0.3) is 44.0 Å². The van der Waals surface area contributed by atoms with E-state index in [1.165, 1.54) is 33.5 Å². The van der Waals surface area contributed by atoms with Crippen LogP contribution in [0.5, 0.6) is 23.0 Å². The van der Waals surface area contributed by atoms with Crippen molar-refractivity contribution in [3.63, 3.8) is 0 Å². The van der Waals surface area contributed by atoms with Gasteiger partial charge in [-0.05, 0) is 126 Å². The molecule has 10 aromatic rings. The van der Waals surface area contributed by atoms with E-state index in [-0.39, 0.29) is 125 Å². The number of H-pyrrole nitrogens is 3. The number of hydrogen-bond donors (Lipinski definition) is 15. The number of carbonyl (C=O) groups excluding carboxylic acids is 2. The Balaban J connectivity index is 0.00000131. The van der Waals surface area contributed by atoms with Crippen LogP contribution in [0.2, 0.25) is 0 Å². The average Bonchev–Trinajstić information content (AvgIpc) is 1.39. The first kappa shape index (κ1) is 102. The summed E-state index contributed by atoms with van der Waals surface area (Å²) >= 11 is 12.7. The Morgan fingerprint density at radius 3 is 1.39 bits per heavy atom. The van der Waals surface area contributed by atoms with Crippen LogP contribution in [0.15, 0.2) is 108 Å². The first-order valence-electron chi connectivity index (χ1n) is 32.9. The molecule has 34 nitrogen and oxygen atoms in total. The minimum absolute atomic E-state index is 0. The number of aliphatic hydroxyl groups excluding tert-OH is 3. The average molecular weight is 1880 g/mol. The number of nitrogens with zero attached hydrogens (tertiary/aromatic N) is 7. The molecule has 0 aliphatic carbocycles. The molecular formula is C68H90BBr4ClF4N19NaO15. The van der Waals surface area contributed by atoms with E-state index < -0.39 is 42.1 Å². The van der Waals surface area contributed by atoms with Gasteiger partial charge in [0.15, 0.2) is 5.96 Å². The van der Waals surface area contributed by atoms with E-state index >= 15 is 0 Å². The van der Waals surface area contributed by atoms with Crippen LogP contribution in [0.4, 0.5) is 47.0 Å². The van der Waals surface area contributed by atoms with Gasteiger partial charge in [0.25, 0.3) is 5.56 Å². The van der Waals surface area contributed by atoms with Crippen molar-refractivity contribution in [2.24, 2.45) is 17.2 Å². The Hall–Kier alpha value is -8.54. The van der Waals surface area contributed by atoms with Gasteiger partial charge in [0.2, 0.25) is 17.8 Å². The van der Waals surface area contributed by atoms with Crippen LogP contribution < -0.4 is 110 Å².